The van der Waals surface area contributed by atoms with Gasteiger partial charge in [-0.05, 0) is 25.0 Å². The van der Waals surface area contributed by atoms with E-state index in [0.717, 1.165) is 25.7 Å². The molecule has 1 unspecified atom stereocenters. The van der Waals surface area contributed by atoms with Crippen LogP contribution in [-0.4, -0.2) is 17.0 Å². The van der Waals surface area contributed by atoms with Crippen molar-refractivity contribution >= 4 is 17.6 Å². The van der Waals surface area contributed by atoms with E-state index in [9.17, 15) is 14.7 Å². The number of carboxylic acid groups (broad SMARTS) is 1. The van der Waals surface area contributed by atoms with E-state index in [2.05, 4.69) is 19.2 Å². The van der Waals surface area contributed by atoms with Crippen LogP contribution in [0.3, 0.4) is 0 Å². The molecule has 0 saturated carbocycles. The number of benzene rings is 1. The molecule has 0 aliphatic carbocycles. The number of aromatic carboxylic acids is 1. The van der Waals surface area contributed by atoms with Crippen LogP contribution in [0.2, 0.25) is 0 Å². The summed E-state index contributed by atoms with van der Waals surface area (Å²) in [4.78, 5) is 25.0. The van der Waals surface area contributed by atoms with Gasteiger partial charge in [0.2, 0.25) is 5.91 Å². The van der Waals surface area contributed by atoms with Crippen molar-refractivity contribution in [1.82, 2.24) is 0 Å². The molecule has 0 heterocycles. The summed E-state index contributed by atoms with van der Waals surface area (Å²) in [5, 5.41) is 12.5. The number of carbonyl (C=O) groups excluding carboxylic acids is 1. The van der Waals surface area contributed by atoms with Gasteiger partial charge in [0, 0.05) is 5.92 Å². The maximum atomic E-state index is 13.3. The summed E-state index contributed by atoms with van der Waals surface area (Å²) in [5.41, 5.74) is 0.585. The van der Waals surface area contributed by atoms with Gasteiger partial charge >= 0.3 is 5.97 Å². The van der Waals surface area contributed by atoms with Gasteiger partial charge in [0.1, 0.15) is 0 Å². The monoisotopic (exact) mass is 656 g/mol. The van der Waals surface area contributed by atoms with Gasteiger partial charge in [-0.1, -0.05) is 219 Å². The Morgan fingerprint density at radius 1 is 0.489 bits per heavy atom. The number of hydrogen-bond donors (Lipinski definition) is 2. The van der Waals surface area contributed by atoms with Gasteiger partial charge in [-0.2, -0.15) is 0 Å². The number of unbranched alkanes of at least 4 members (excludes halogenated alkanes) is 28. The van der Waals surface area contributed by atoms with Crippen molar-refractivity contribution in [2.45, 2.75) is 219 Å². The van der Waals surface area contributed by atoms with E-state index in [1.165, 1.54) is 180 Å². The first-order valence-electron chi connectivity index (χ1n) is 20.7. The zero-order valence-electron chi connectivity index (χ0n) is 31.3. The topological polar surface area (TPSA) is 66.4 Å². The van der Waals surface area contributed by atoms with E-state index in [4.69, 9.17) is 0 Å². The van der Waals surface area contributed by atoms with Crippen LogP contribution in [0.1, 0.15) is 230 Å². The second-order valence-electron chi connectivity index (χ2n) is 14.5. The zero-order chi connectivity index (χ0) is 34.0. The van der Waals surface area contributed by atoms with E-state index in [1.807, 2.05) is 0 Å². The van der Waals surface area contributed by atoms with E-state index in [1.54, 1.807) is 24.3 Å². The van der Waals surface area contributed by atoms with Crippen LogP contribution < -0.4 is 5.32 Å². The fourth-order valence-corrected chi connectivity index (χ4v) is 6.94. The third kappa shape index (κ3) is 25.8. The van der Waals surface area contributed by atoms with E-state index >= 15 is 0 Å². The number of carboxylic acids is 1. The maximum Gasteiger partial charge on any atom is 0.337 e. The summed E-state index contributed by atoms with van der Waals surface area (Å²) < 4.78 is 0. The molecule has 0 bridgehead atoms. The van der Waals surface area contributed by atoms with Crippen molar-refractivity contribution in [2.75, 3.05) is 5.32 Å². The summed E-state index contributed by atoms with van der Waals surface area (Å²) in [5.74, 6) is -1.04. The molecule has 0 saturated heterocycles. The average Bonchev–Trinajstić information content (AvgIpc) is 3.07. The van der Waals surface area contributed by atoms with Gasteiger partial charge in [-0.15, -0.1) is 0 Å². The summed E-state index contributed by atoms with van der Waals surface area (Å²) in [7, 11) is 0. The Balaban J connectivity index is 2.24. The van der Waals surface area contributed by atoms with Crippen LogP contribution in [0, 0.1) is 5.92 Å². The van der Waals surface area contributed by atoms with Crippen molar-refractivity contribution in [3.63, 3.8) is 0 Å². The van der Waals surface area contributed by atoms with Crippen LogP contribution in [0.4, 0.5) is 5.69 Å². The van der Waals surface area contributed by atoms with Gasteiger partial charge < -0.3 is 10.4 Å². The summed E-state index contributed by atoms with van der Waals surface area (Å²) in [6.07, 6.45) is 42.1. The Hall–Kier alpha value is -1.84. The summed E-state index contributed by atoms with van der Waals surface area (Å²) in [6, 6.07) is 6.78. The molecule has 0 fully saturated rings. The zero-order valence-corrected chi connectivity index (χ0v) is 31.3. The minimum Gasteiger partial charge on any atom is -0.478 e. The Morgan fingerprint density at radius 2 is 0.787 bits per heavy atom. The smallest absolute Gasteiger partial charge is 0.337 e. The van der Waals surface area contributed by atoms with Crippen LogP contribution in [-0.2, 0) is 4.79 Å². The molecule has 4 nitrogen and oxygen atoms in total. The molecule has 2 N–H and O–H groups in total. The lowest BCUT2D eigenvalue weighted by Gasteiger charge is -2.18. The number of nitrogens with one attached hydrogen (secondary N) is 1. The van der Waals surface area contributed by atoms with E-state index in [-0.39, 0.29) is 17.4 Å². The molecule has 1 atom stereocenters. The highest BCUT2D eigenvalue weighted by atomic mass is 16.4. The Kier molecular flexibility index (Phi) is 30.0. The van der Waals surface area contributed by atoms with Crippen LogP contribution >= 0.6 is 0 Å². The van der Waals surface area contributed by atoms with Gasteiger partial charge in [-0.3, -0.25) is 4.79 Å². The molecule has 0 aliphatic heterocycles. The number of para-hydroxylation sites is 1. The molecule has 1 rings (SSSR count). The van der Waals surface area contributed by atoms with E-state index < -0.39 is 5.97 Å². The molecule has 0 radical (unpaired) electrons. The summed E-state index contributed by atoms with van der Waals surface area (Å²) in [6.45, 7) is 4.56. The number of hydrogen-bond acceptors (Lipinski definition) is 2. The van der Waals surface area contributed by atoms with Gasteiger partial charge in [-0.25, -0.2) is 4.79 Å². The second kappa shape index (κ2) is 32.7. The highest BCUT2D eigenvalue weighted by Gasteiger charge is 2.20. The highest BCUT2D eigenvalue weighted by Crippen LogP contribution is 2.23. The van der Waals surface area contributed by atoms with Gasteiger partial charge in [0.15, 0.2) is 0 Å². The fraction of sp³-hybridized carbons (Fsp3) is 0.814. The SMILES string of the molecule is CCCCCCCCCCCCCCCCCCC(CCCCCCCCCCCCCCCC)C(=O)Nc1ccccc1C(=O)O. The lowest BCUT2D eigenvalue weighted by molar-refractivity contribution is -0.120. The van der Waals surface area contributed by atoms with Gasteiger partial charge in [0.25, 0.3) is 0 Å². The van der Waals surface area contributed by atoms with Crippen molar-refractivity contribution in [3.8, 4) is 0 Å². The number of anilines is 1. The van der Waals surface area contributed by atoms with Crippen LogP contribution in [0.5, 0.6) is 0 Å². The minimum absolute atomic E-state index is 0.00523. The molecule has 0 aliphatic rings. The van der Waals surface area contributed by atoms with Crippen LogP contribution in [0.25, 0.3) is 0 Å². The van der Waals surface area contributed by atoms with Gasteiger partial charge in [0.05, 0.1) is 11.3 Å². The predicted molar refractivity (Wildman–Crippen MR) is 205 cm³/mol. The maximum absolute atomic E-state index is 13.3. The largest absolute Gasteiger partial charge is 0.478 e. The standard InChI is InChI=1S/C43H77NO3/c1-3-5-7-9-11-13-15-17-19-20-22-24-26-28-30-32-36-39(42(45)44-41-38-34-33-37-40(41)43(46)47)35-31-29-27-25-23-21-18-16-14-12-10-8-6-4-2/h33-34,37-39H,3-32,35-36H2,1-2H3,(H,44,45)(H,46,47). The molecule has 0 aromatic heterocycles. The Bertz CT molecular complexity index is 853. The van der Waals surface area contributed by atoms with E-state index in [0.29, 0.717) is 5.69 Å². The number of rotatable bonds is 35. The third-order valence-electron chi connectivity index (χ3n) is 10.1. The lowest BCUT2D eigenvalue weighted by atomic mass is 9.93. The minimum atomic E-state index is -0.998. The molecular formula is C43H77NO3. The van der Waals surface area contributed by atoms with Crippen molar-refractivity contribution in [2.24, 2.45) is 5.92 Å². The molecular weight excluding hydrogens is 578 g/mol. The molecule has 4 heteroatoms. The lowest BCUT2D eigenvalue weighted by Crippen LogP contribution is -2.24. The molecule has 1 amide bonds. The van der Waals surface area contributed by atoms with Crippen molar-refractivity contribution < 1.29 is 14.7 Å². The first kappa shape index (κ1) is 43.2. The molecule has 0 spiro atoms. The normalized spacial score (nSPS) is 12.0. The van der Waals surface area contributed by atoms with Crippen molar-refractivity contribution in [3.05, 3.63) is 29.8 Å². The number of amides is 1. The second-order valence-corrected chi connectivity index (χ2v) is 14.5. The fourth-order valence-electron chi connectivity index (χ4n) is 6.94. The predicted octanol–water partition coefficient (Wildman–Crippen LogP) is 14.5. The Morgan fingerprint density at radius 3 is 1.11 bits per heavy atom. The quantitative estimate of drug-likeness (QED) is 0.0715. The van der Waals surface area contributed by atoms with Crippen LogP contribution in [0.15, 0.2) is 24.3 Å². The molecule has 1 aromatic carbocycles. The summed E-state index contributed by atoms with van der Waals surface area (Å²) >= 11 is 0. The highest BCUT2D eigenvalue weighted by molar-refractivity contribution is 6.01. The third-order valence-corrected chi connectivity index (χ3v) is 10.1. The average molecular weight is 656 g/mol. The first-order chi connectivity index (χ1) is 23.1. The molecule has 272 valence electrons. The first-order valence-corrected chi connectivity index (χ1v) is 20.7. The van der Waals surface area contributed by atoms with Crippen molar-refractivity contribution in [1.29, 1.82) is 0 Å². The molecule has 47 heavy (non-hydrogen) atoms. The molecule has 1 aromatic rings. The number of carbonyl (C=O) groups is 2. The Labute approximate surface area is 292 Å².